The van der Waals surface area contributed by atoms with E-state index in [2.05, 4.69) is 0 Å². The lowest BCUT2D eigenvalue weighted by atomic mass is 10.1. The Morgan fingerprint density at radius 1 is 1.12 bits per heavy atom. The lowest BCUT2D eigenvalue weighted by Crippen LogP contribution is -2.35. The smallest absolute Gasteiger partial charge is 0.326 e. The van der Waals surface area contributed by atoms with E-state index in [4.69, 9.17) is 4.74 Å². The van der Waals surface area contributed by atoms with E-state index in [-0.39, 0.29) is 16.8 Å². The first-order valence-electron chi connectivity index (χ1n) is 10.1. The number of hydrogen-bond donors (Lipinski definition) is 0. The zero-order chi connectivity index (χ0) is 22.8. The number of carbonyl (C=O) groups excluding carboxylic acids is 3. The van der Waals surface area contributed by atoms with Crippen LogP contribution in [0.15, 0.2) is 59.6 Å². The van der Waals surface area contributed by atoms with Gasteiger partial charge in [-0.3, -0.25) is 19.3 Å². The Morgan fingerprint density at radius 2 is 1.84 bits per heavy atom. The van der Waals surface area contributed by atoms with Gasteiger partial charge in [-0.1, -0.05) is 30.3 Å². The SMILES string of the molecule is CC(C)OC(=O)CN1C(=O)S/C(=C\c2cn(Cc3ccc(F)cc3)c3ccccc23)C1=O. The Balaban J connectivity index is 1.62. The molecule has 0 bridgehead atoms. The van der Waals surface area contributed by atoms with Crippen LogP contribution in [0.2, 0.25) is 0 Å². The minimum absolute atomic E-state index is 0.247. The normalized spacial score (nSPS) is 15.4. The van der Waals surface area contributed by atoms with E-state index in [1.165, 1.54) is 12.1 Å². The first-order valence-corrected chi connectivity index (χ1v) is 10.9. The number of ether oxygens (including phenoxy) is 1. The number of aromatic nitrogens is 1. The zero-order valence-corrected chi connectivity index (χ0v) is 18.4. The van der Waals surface area contributed by atoms with Gasteiger partial charge in [-0.15, -0.1) is 0 Å². The first kappa shape index (κ1) is 21.8. The average molecular weight is 453 g/mol. The van der Waals surface area contributed by atoms with Crippen molar-refractivity contribution in [3.05, 3.63) is 76.6 Å². The zero-order valence-electron chi connectivity index (χ0n) is 17.6. The number of imide groups is 1. The summed E-state index contributed by atoms with van der Waals surface area (Å²) >= 11 is 0.801. The topological polar surface area (TPSA) is 68.6 Å². The molecule has 2 aromatic carbocycles. The summed E-state index contributed by atoms with van der Waals surface area (Å²) in [6, 6.07) is 14.0. The van der Waals surface area contributed by atoms with Crippen molar-refractivity contribution in [2.24, 2.45) is 0 Å². The van der Waals surface area contributed by atoms with Gasteiger partial charge in [0.25, 0.3) is 11.1 Å². The number of amides is 2. The molecule has 1 aromatic heterocycles. The Labute approximate surface area is 188 Å². The van der Waals surface area contributed by atoms with Gasteiger partial charge in [-0.2, -0.15) is 0 Å². The molecule has 2 amide bonds. The number of halogens is 1. The van der Waals surface area contributed by atoms with Crippen LogP contribution in [0.1, 0.15) is 25.0 Å². The molecule has 164 valence electrons. The standard InChI is InChI=1S/C24H21FN2O4S/c1-15(2)31-22(28)14-27-23(29)21(32-24(27)30)11-17-13-26(20-6-4-3-5-19(17)20)12-16-7-9-18(25)10-8-16/h3-11,13,15H,12,14H2,1-2H3/b21-11-. The lowest BCUT2D eigenvalue weighted by molar-refractivity contribution is -0.149. The van der Waals surface area contributed by atoms with Crippen LogP contribution in [0.3, 0.4) is 0 Å². The highest BCUT2D eigenvalue weighted by Gasteiger charge is 2.37. The van der Waals surface area contributed by atoms with Gasteiger partial charge >= 0.3 is 5.97 Å². The van der Waals surface area contributed by atoms with Crippen molar-refractivity contribution in [1.29, 1.82) is 0 Å². The monoisotopic (exact) mass is 452 g/mol. The fraction of sp³-hybridized carbons (Fsp3) is 0.208. The van der Waals surface area contributed by atoms with Gasteiger partial charge in [0.2, 0.25) is 0 Å². The van der Waals surface area contributed by atoms with Crippen LogP contribution in [0.5, 0.6) is 0 Å². The highest BCUT2D eigenvalue weighted by molar-refractivity contribution is 8.18. The van der Waals surface area contributed by atoms with Gasteiger partial charge < -0.3 is 9.30 Å². The van der Waals surface area contributed by atoms with Gasteiger partial charge in [0.15, 0.2) is 0 Å². The number of thioether (sulfide) groups is 1. The molecule has 0 radical (unpaired) electrons. The fourth-order valence-electron chi connectivity index (χ4n) is 3.51. The van der Waals surface area contributed by atoms with Crippen molar-refractivity contribution in [3.63, 3.8) is 0 Å². The molecule has 1 aliphatic heterocycles. The maximum Gasteiger partial charge on any atom is 0.326 e. The molecule has 8 heteroatoms. The molecule has 6 nitrogen and oxygen atoms in total. The summed E-state index contributed by atoms with van der Waals surface area (Å²) in [5.41, 5.74) is 2.66. The molecule has 4 rings (SSSR count). The molecule has 3 aromatic rings. The highest BCUT2D eigenvalue weighted by atomic mass is 32.2. The van der Waals surface area contributed by atoms with Crippen molar-refractivity contribution in [1.82, 2.24) is 9.47 Å². The fourth-order valence-corrected chi connectivity index (χ4v) is 4.34. The largest absolute Gasteiger partial charge is 0.462 e. The van der Waals surface area contributed by atoms with Crippen LogP contribution in [-0.4, -0.2) is 39.2 Å². The molecule has 0 aliphatic carbocycles. The molecule has 1 aliphatic rings. The maximum absolute atomic E-state index is 13.2. The molecule has 0 N–H and O–H groups in total. The summed E-state index contributed by atoms with van der Waals surface area (Å²) < 4.78 is 20.3. The van der Waals surface area contributed by atoms with Crippen molar-refractivity contribution in [2.75, 3.05) is 6.54 Å². The maximum atomic E-state index is 13.2. The summed E-state index contributed by atoms with van der Waals surface area (Å²) in [6.07, 6.45) is 3.24. The number of carbonyl (C=O) groups is 3. The minimum atomic E-state index is -0.626. The molecule has 0 unspecified atom stereocenters. The Kier molecular flexibility index (Phi) is 6.14. The van der Waals surface area contributed by atoms with Gasteiger partial charge in [0.1, 0.15) is 12.4 Å². The number of esters is 1. The quantitative estimate of drug-likeness (QED) is 0.396. The number of nitrogens with zero attached hydrogens (tertiary/aromatic N) is 2. The average Bonchev–Trinajstić information content (AvgIpc) is 3.21. The van der Waals surface area contributed by atoms with E-state index in [0.29, 0.717) is 6.54 Å². The minimum Gasteiger partial charge on any atom is -0.462 e. The van der Waals surface area contributed by atoms with Crippen molar-refractivity contribution >= 4 is 45.9 Å². The molecular formula is C24H21FN2O4S. The van der Waals surface area contributed by atoms with Gasteiger partial charge in [-0.25, -0.2) is 4.39 Å². The Hall–Kier alpha value is -3.39. The van der Waals surface area contributed by atoms with E-state index in [0.717, 1.165) is 38.7 Å². The van der Waals surface area contributed by atoms with E-state index in [9.17, 15) is 18.8 Å². The van der Waals surface area contributed by atoms with Gasteiger partial charge in [0, 0.05) is 29.2 Å². The van der Waals surface area contributed by atoms with Gasteiger partial charge in [0.05, 0.1) is 11.0 Å². The van der Waals surface area contributed by atoms with Crippen LogP contribution in [0.25, 0.3) is 17.0 Å². The molecule has 1 fully saturated rings. The summed E-state index contributed by atoms with van der Waals surface area (Å²) in [4.78, 5) is 38.2. The molecular weight excluding hydrogens is 431 g/mol. The molecule has 32 heavy (non-hydrogen) atoms. The Bertz CT molecular complexity index is 1230. The van der Waals surface area contributed by atoms with Gasteiger partial charge in [-0.05, 0) is 55.4 Å². The molecule has 2 heterocycles. The summed E-state index contributed by atoms with van der Waals surface area (Å²) in [6.45, 7) is 3.52. The lowest BCUT2D eigenvalue weighted by Gasteiger charge is -2.13. The Morgan fingerprint density at radius 3 is 2.56 bits per heavy atom. The summed E-state index contributed by atoms with van der Waals surface area (Å²) in [5.74, 6) is -1.43. The van der Waals surface area contributed by atoms with E-state index in [1.807, 2.05) is 35.0 Å². The highest BCUT2D eigenvalue weighted by Crippen LogP contribution is 2.34. The second-order valence-electron chi connectivity index (χ2n) is 7.66. The number of hydrogen-bond acceptors (Lipinski definition) is 5. The van der Waals surface area contributed by atoms with Crippen LogP contribution in [-0.2, 0) is 20.9 Å². The van der Waals surface area contributed by atoms with Crippen LogP contribution in [0.4, 0.5) is 9.18 Å². The third-order valence-corrected chi connectivity index (χ3v) is 5.81. The third kappa shape index (κ3) is 4.60. The number of para-hydroxylation sites is 1. The van der Waals surface area contributed by atoms with Crippen LogP contribution in [0, 0.1) is 5.82 Å². The van der Waals surface area contributed by atoms with E-state index in [1.54, 1.807) is 32.1 Å². The van der Waals surface area contributed by atoms with E-state index < -0.39 is 23.7 Å². The number of fused-ring (bicyclic) bond motifs is 1. The molecule has 0 saturated carbocycles. The second kappa shape index (κ2) is 9.00. The summed E-state index contributed by atoms with van der Waals surface area (Å²) in [5, 5.41) is 0.414. The van der Waals surface area contributed by atoms with Crippen molar-refractivity contribution in [2.45, 2.75) is 26.5 Å². The first-order chi connectivity index (χ1) is 15.3. The van der Waals surface area contributed by atoms with Crippen LogP contribution < -0.4 is 0 Å². The molecule has 0 atom stereocenters. The predicted octanol–water partition coefficient (Wildman–Crippen LogP) is 4.82. The van der Waals surface area contributed by atoms with Crippen molar-refractivity contribution < 1.29 is 23.5 Å². The molecule has 1 saturated heterocycles. The molecule has 0 spiro atoms. The third-order valence-electron chi connectivity index (χ3n) is 4.90. The van der Waals surface area contributed by atoms with Crippen molar-refractivity contribution in [3.8, 4) is 0 Å². The number of benzene rings is 2. The van der Waals surface area contributed by atoms with Crippen LogP contribution >= 0.6 is 11.8 Å². The van der Waals surface area contributed by atoms with E-state index >= 15 is 0 Å². The predicted molar refractivity (Wildman–Crippen MR) is 121 cm³/mol. The number of rotatable bonds is 6. The second-order valence-corrected chi connectivity index (χ2v) is 8.66. The summed E-state index contributed by atoms with van der Waals surface area (Å²) in [7, 11) is 0.